The van der Waals surface area contributed by atoms with Crippen LogP contribution >= 0.6 is 0 Å². The van der Waals surface area contributed by atoms with Gasteiger partial charge in [-0.1, -0.05) is 5.21 Å². The van der Waals surface area contributed by atoms with Crippen LogP contribution in [0.1, 0.15) is 39.5 Å². The number of aryl methyl sites for hydroxylation is 1. The first-order valence-corrected chi connectivity index (χ1v) is 9.56. The number of carboxylic acids is 1. The summed E-state index contributed by atoms with van der Waals surface area (Å²) in [4.78, 5) is 27.5. The third-order valence-corrected chi connectivity index (χ3v) is 4.65. The fourth-order valence-corrected chi connectivity index (χ4v) is 3.27. The highest BCUT2D eigenvalue weighted by Crippen LogP contribution is 2.29. The number of ether oxygens (including phenoxy) is 2. The molecule has 0 aromatic carbocycles. The van der Waals surface area contributed by atoms with Crippen molar-refractivity contribution < 1.29 is 24.2 Å². The van der Waals surface area contributed by atoms with Gasteiger partial charge in [0.25, 0.3) is 0 Å². The lowest BCUT2D eigenvalue weighted by atomic mass is 9.87. The molecular weight excluding hydrogens is 378 g/mol. The monoisotopic (exact) mass is 403 g/mol. The van der Waals surface area contributed by atoms with E-state index in [2.05, 4.69) is 20.6 Å². The largest absolute Gasteiger partial charge is 0.489 e. The van der Waals surface area contributed by atoms with Gasteiger partial charge in [0.15, 0.2) is 11.5 Å². The topological polar surface area (TPSA) is 128 Å². The second-order valence-corrected chi connectivity index (χ2v) is 7.31. The highest BCUT2D eigenvalue weighted by Gasteiger charge is 2.28. The molecule has 0 saturated heterocycles. The second kappa shape index (κ2) is 8.89. The number of pyridine rings is 1. The SMILES string of the molecule is CC(C)OC(=O)Nc1c(-c2ccc(O[C@H]3CCC[C@H](C(=O)O)C3)cn2)nnn1C. The maximum atomic E-state index is 11.9. The van der Waals surface area contributed by atoms with Gasteiger partial charge in [-0.3, -0.25) is 15.1 Å². The molecule has 2 atom stereocenters. The molecule has 0 bridgehead atoms. The highest BCUT2D eigenvalue weighted by atomic mass is 16.6. The molecule has 1 aliphatic rings. The molecule has 2 aromatic rings. The zero-order chi connectivity index (χ0) is 21.0. The van der Waals surface area contributed by atoms with Crippen molar-refractivity contribution in [2.45, 2.75) is 51.7 Å². The Balaban J connectivity index is 1.69. The van der Waals surface area contributed by atoms with Crippen LogP contribution in [-0.2, 0) is 16.6 Å². The first kappa shape index (κ1) is 20.6. The molecule has 0 spiro atoms. The van der Waals surface area contributed by atoms with E-state index in [0.717, 1.165) is 12.8 Å². The number of nitrogens with zero attached hydrogens (tertiary/aromatic N) is 4. The van der Waals surface area contributed by atoms with Crippen molar-refractivity contribution in [3.8, 4) is 17.1 Å². The number of carboxylic acid groups (broad SMARTS) is 1. The summed E-state index contributed by atoms with van der Waals surface area (Å²) in [7, 11) is 1.65. The number of aliphatic carboxylic acids is 1. The van der Waals surface area contributed by atoms with Crippen molar-refractivity contribution in [2.24, 2.45) is 13.0 Å². The number of rotatable bonds is 6. The van der Waals surface area contributed by atoms with Gasteiger partial charge in [-0.2, -0.15) is 0 Å². The minimum atomic E-state index is -0.773. The number of carbonyl (C=O) groups is 2. The van der Waals surface area contributed by atoms with Crippen LogP contribution in [0.25, 0.3) is 11.4 Å². The third kappa shape index (κ3) is 5.21. The summed E-state index contributed by atoms with van der Waals surface area (Å²) >= 11 is 0. The molecule has 3 rings (SSSR count). The van der Waals surface area contributed by atoms with E-state index in [0.29, 0.717) is 35.8 Å². The van der Waals surface area contributed by atoms with Crippen LogP contribution in [0.4, 0.5) is 10.6 Å². The van der Waals surface area contributed by atoms with Gasteiger partial charge in [0, 0.05) is 7.05 Å². The summed E-state index contributed by atoms with van der Waals surface area (Å²) < 4.78 is 12.4. The van der Waals surface area contributed by atoms with E-state index in [9.17, 15) is 14.7 Å². The highest BCUT2D eigenvalue weighted by molar-refractivity contribution is 5.88. The molecule has 1 saturated carbocycles. The average molecular weight is 403 g/mol. The van der Waals surface area contributed by atoms with Gasteiger partial charge < -0.3 is 14.6 Å². The van der Waals surface area contributed by atoms with Gasteiger partial charge >= 0.3 is 12.1 Å². The van der Waals surface area contributed by atoms with Crippen molar-refractivity contribution in [1.29, 1.82) is 0 Å². The lowest BCUT2D eigenvalue weighted by Crippen LogP contribution is -2.29. The lowest BCUT2D eigenvalue weighted by molar-refractivity contribution is -0.143. The molecule has 1 fully saturated rings. The van der Waals surface area contributed by atoms with E-state index in [-0.39, 0.29) is 18.1 Å². The van der Waals surface area contributed by atoms with E-state index in [4.69, 9.17) is 9.47 Å². The molecule has 10 nitrogen and oxygen atoms in total. The van der Waals surface area contributed by atoms with Crippen LogP contribution < -0.4 is 10.1 Å². The van der Waals surface area contributed by atoms with Crippen LogP contribution in [0.2, 0.25) is 0 Å². The quantitative estimate of drug-likeness (QED) is 0.753. The number of carbonyl (C=O) groups excluding carboxylic acids is 1. The summed E-state index contributed by atoms with van der Waals surface area (Å²) in [6.07, 6.45) is 3.39. The van der Waals surface area contributed by atoms with Crippen LogP contribution in [0.3, 0.4) is 0 Å². The predicted molar refractivity (Wildman–Crippen MR) is 103 cm³/mol. The van der Waals surface area contributed by atoms with Gasteiger partial charge in [-0.15, -0.1) is 5.10 Å². The maximum Gasteiger partial charge on any atom is 0.413 e. The van der Waals surface area contributed by atoms with Gasteiger partial charge in [-0.25, -0.2) is 9.48 Å². The molecule has 29 heavy (non-hydrogen) atoms. The average Bonchev–Trinajstić information content (AvgIpc) is 3.02. The van der Waals surface area contributed by atoms with E-state index in [1.165, 1.54) is 4.68 Å². The van der Waals surface area contributed by atoms with Gasteiger partial charge in [0.05, 0.1) is 30.0 Å². The summed E-state index contributed by atoms with van der Waals surface area (Å²) in [5, 5.41) is 19.8. The molecular formula is C19H25N5O5. The molecule has 156 valence electrons. The Bertz CT molecular complexity index is 864. The van der Waals surface area contributed by atoms with Gasteiger partial charge in [0.2, 0.25) is 0 Å². The normalized spacial score (nSPS) is 19.0. The molecule has 0 radical (unpaired) electrons. The molecule has 2 N–H and O–H groups in total. The fourth-order valence-electron chi connectivity index (χ4n) is 3.27. The van der Waals surface area contributed by atoms with Crippen LogP contribution in [0.5, 0.6) is 5.75 Å². The second-order valence-electron chi connectivity index (χ2n) is 7.31. The first-order valence-electron chi connectivity index (χ1n) is 9.56. The Morgan fingerprint density at radius 2 is 2.10 bits per heavy atom. The number of anilines is 1. The van der Waals surface area contributed by atoms with Gasteiger partial charge in [-0.05, 0) is 51.7 Å². The molecule has 2 heterocycles. The Morgan fingerprint density at radius 3 is 2.76 bits per heavy atom. The summed E-state index contributed by atoms with van der Waals surface area (Å²) in [6, 6.07) is 3.47. The minimum Gasteiger partial charge on any atom is -0.489 e. The minimum absolute atomic E-state index is 0.142. The lowest BCUT2D eigenvalue weighted by Gasteiger charge is -2.27. The number of aromatic nitrogens is 4. The van der Waals surface area contributed by atoms with E-state index < -0.39 is 12.1 Å². The number of hydrogen-bond acceptors (Lipinski definition) is 7. The Morgan fingerprint density at radius 1 is 1.31 bits per heavy atom. The van der Waals surface area contributed by atoms with Crippen molar-refractivity contribution >= 4 is 17.9 Å². The first-order chi connectivity index (χ1) is 13.8. The van der Waals surface area contributed by atoms with E-state index in [1.807, 2.05) is 0 Å². The Hall–Kier alpha value is -3.17. The van der Waals surface area contributed by atoms with Crippen molar-refractivity contribution in [3.63, 3.8) is 0 Å². The summed E-state index contributed by atoms with van der Waals surface area (Å²) in [5.74, 6) is -0.207. The Labute approximate surface area is 168 Å². The van der Waals surface area contributed by atoms with Crippen molar-refractivity contribution in [1.82, 2.24) is 20.0 Å². The number of amides is 1. The smallest absolute Gasteiger partial charge is 0.413 e. The Kier molecular flexibility index (Phi) is 6.30. The van der Waals surface area contributed by atoms with Crippen LogP contribution in [0, 0.1) is 5.92 Å². The predicted octanol–water partition coefficient (Wildman–Crippen LogP) is 2.86. The fraction of sp³-hybridized carbons (Fsp3) is 0.526. The molecule has 2 aromatic heterocycles. The molecule has 0 aliphatic heterocycles. The summed E-state index contributed by atoms with van der Waals surface area (Å²) in [6.45, 7) is 3.51. The maximum absolute atomic E-state index is 11.9. The van der Waals surface area contributed by atoms with Crippen LogP contribution in [-0.4, -0.2) is 49.4 Å². The van der Waals surface area contributed by atoms with Gasteiger partial charge in [0.1, 0.15) is 5.75 Å². The van der Waals surface area contributed by atoms with E-state index in [1.54, 1.807) is 39.2 Å². The zero-order valence-electron chi connectivity index (χ0n) is 16.7. The molecule has 1 amide bonds. The van der Waals surface area contributed by atoms with Crippen molar-refractivity contribution in [2.75, 3.05) is 5.32 Å². The zero-order valence-corrected chi connectivity index (χ0v) is 16.7. The van der Waals surface area contributed by atoms with Crippen LogP contribution in [0.15, 0.2) is 18.3 Å². The molecule has 0 unspecified atom stereocenters. The third-order valence-electron chi connectivity index (χ3n) is 4.65. The summed E-state index contributed by atoms with van der Waals surface area (Å²) in [5.41, 5.74) is 0.917. The number of hydrogen-bond donors (Lipinski definition) is 2. The standard InChI is InChI=1S/C19H25N5O5/c1-11(2)28-19(27)21-17-16(22-23-24(17)3)15-8-7-14(10-20-15)29-13-6-4-5-12(9-13)18(25)26/h7-8,10-13H,4-6,9H2,1-3H3,(H,21,27)(H,25,26)/t12-,13-/m0/s1. The molecule has 10 heteroatoms. The van der Waals surface area contributed by atoms with E-state index >= 15 is 0 Å². The van der Waals surface area contributed by atoms with Crippen molar-refractivity contribution in [3.05, 3.63) is 18.3 Å². The molecule has 1 aliphatic carbocycles. The number of nitrogens with one attached hydrogen (secondary N) is 1.